The Labute approximate surface area is 139 Å². The number of rotatable bonds is 4. The van der Waals surface area contributed by atoms with E-state index in [1.165, 1.54) is 24.6 Å². The van der Waals surface area contributed by atoms with E-state index in [1.54, 1.807) is 0 Å². The van der Waals surface area contributed by atoms with Crippen molar-refractivity contribution in [2.45, 2.75) is 49.1 Å². The Hall–Kier alpha value is -1.51. The van der Waals surface area contributed by atoms with Gasteiger partial charge in [-0.05, 0) is 31.9 Å². The summed E-state index contributed by atoms with van der Waals surface area (Å²) in [5, 5.41) is 19.1. The van der Waals surface area contributed by atoms with E-state index in [0.29, 0.717) is 11.1 Å². The molecule has 1 atom stereocenters. The topological polar surface area (TPSA) is 54.5 Å². The van der Waals surface area contributed by atoms with Gasteiger partial charge in [0.15, 0.2) is 11.0 Å². The first kappa shape index (κ1) is 15.4. The molecule has 4 nitrogen and oxygen atoms in total. The molecular weight excluding hydrogens is 316 g/mol. The molecule has 1 aliphatic rings. The number of benzene rings is 1. The first-order chi connectivity index (χ1) is 10.7. The van der Waals surface area contributed by atoms with E-state index in [2.05, 4.69) is 20.8 Å². The van der Waals surface area contributed by atoms with Gasteiger partial charge in [0.1, 0.15) is 0 Å². The van der Waals surface area contributed by atoms with Crippen molar-refractivity contribution in [2.75, 3.05) is 0 Å². The Kier molecular flexibility index (Phi) is 4.70. The van der Waals surface area contributed by atoms with Gasteiger partial charge in [-0.15, -0.1) is 10.2 Å². The van der Waals surface area contributed by atoms with Crippen molar-refractivity contribution in [3.05, 3.63) is 29.3 Å². The van der Waals surface area contributed by atoms with Gasteiger partial charge in [-0.1, -0.05) is 48.3 Å². The molecule has 0 spiro atoms. The molecule has 0 amide bonds. The zero-order chi connectivity index (χ0) is 15.5. The highest BCUT2D eigenvalue weighted by Gasteiger charge is 2.26. The van der Waals surface area contributed by atoms with E-state index in [-0.39, 0.29) is 5.25 Å². The quantitative estimate of drug-likeness (QED) is 0.760. The Morgan fingerprint density at radius 3 is 2.73 bits per heavy atom. The monoisotopic (exact) mass is 332 g/mol. The average molecular weight is 333 g/mol. The standard InChI is InChI=1S/C16H17ClN4S/c1-11(10-18)22-16-20-19-15(13-8-4-5-9-14(13)17)21(16)12-6-2-3-7-12/h4-5,8-9,11-12H,2-3,6-7H2,1H3/t11-/m0/s1. The van der Waals surface area contributed by atoms with Gasteiger partial charge in [-0.3, -0.25) is 4.57 Å². The summed E-state index contributed by atoms with van der Waals surface area (Å²) in [5.41, 5.74) is 0.903. The molecule has 0 N–H and O–H groups in total. The van der Waals surface area contributed by atoms with Crippen molar-refractivity contribution in [1.82, 2.24) is 14.8 Å². The van der Waals surface area contributed by atoms with Gasteiger partial charge in [0, 0.05) is 11.6 Å². The second-order valence-corrected chi connectivity index (χ2v) is 7.20. The molecule has 0 bridgehead atoms. The van der Waals surface area contributed by atoms with Crippen molar-refractivity contribution in [3.63, 3.8) is 0 Å². The number of nitriles is 1. The predicted octanol–water partition coefficient (Wildman–Crippen LogP) is 4.72. The van der Waals surface area contributed by atoms with Crippen LogP contribution in [-0.4, -0.2) is 20.0 Å². The van der Waals surface area contributed by atoms with E-state index in [9.17, 15) is 0 Å². The highest BCUT2D eigenvalue weighted by Crippen LogP contribution is 2.38. The van der Waals surface area contributed by atoms with Gasteiger partial charge >= 0.3 is 0 Å². The normalized spacial score (nSPS) is 16.6. The number of hydrogen-bond donors (Lipinski definition) is 0. The minimum Gasteiger partial charge on any atom is -0.299 e. The van der Waals surface area contributed by atoms with Crippen LogP contribution in [0.3, 0.4) is 0 Å². The number of hydrogen-bond acceptors (Lipinski definition) is 4. The van der Waals surface area contributed by atoms with Crippen LogP contribution in [0.25, 0.3) is 11.4 Å². The second kappa shape index (κ2) is 6.72. The summed E-state index contributed by atoms with van der Waals surface area (Å²) in [4.78, 5) is 0. The van der Waals surface area contributed by atoms with Crippen molar-refractivity contribution >= 4 is 23.4 Å². The molecule has 0 radical (unpaired) electrons. The molecule has 1 saturated carbocycles. The van der Waals surface area contributed by atoms with Crippen LogP contribution in [0.1, 0.15) is 38.6 Å². The molecule has 1 aliphatic carbocycles. The van der Waals surface area contributed by atoms with Crippen LogP contribution >= 0.6 is 23.4 Å². The SMILES string of the molecule is C[C@@H](C#N)Sc1nnc(-c2ccccc2Cl)n1C1CCCC1. The molecule has 114 valence electrons. The highest BCUT2D eigenvalue weighted by atomic mass is 35.5. The highest BCUT2D eigenvalue weighted by molar-refractivity contribution is 8.00. The molecule has 1 heterocycles. The number of thioether (sulfide) groups is 1. The maximum atomic E-state index is 9.07. The maximum Gasteiger partial charge on any atom is 0.193 e. The summed E-state index contributed by atoms with van der Waals surface area (Å²) in [6.45, 7) is 1.88. The lowest BCUT2D eigenvalue weighted by Gasteiger charge is -2.17. The summed E-state index contributed by atoms with van der Waals surface area (Å²) in [5.74, 6) is 0.810. The van der Waals surface area contributed by atoms with Crippen LogP contribution in [0, 0.1) is 11.3 Å². The maximum absolute atomic E-state index is 9.07. The molecule has 1 aromatic carbocycles. The van der Waals surface area contributed by atoms with E-state index < -0.39 is 0 Å². The lowest BCUT2D eigenvalue weighted by molar-refractivity contribution is 0.485. The summed E-state index contributed by atoms with van der Waals surface area (Å²) in [7, 11) is 0. The van der Waals surface area contributed by atoms with Crippen molar-refractivity contribution in [3.8, 4) is 17.5 Å². The Morgan fingerprint density at radius 2 is 2.05 bits per heavy atom. The van der Waals surface area contributed by atoms with Crippen molar-refractivity contribution in [2.24, 2.45) is 0 Å². The fourth-order valence-electron chi connectivity index (χ4n) is 2.86. The molecule has 1 aromatic heterocycles. The number of halogens is 1. The predicted molar refractivity (Wildman–Crippen MR) is 88.9 cm³/mol. The average Bonchev–Trinajstić information content (AvgIpc) is 3.16. The van der Waals surface area contributed by atoms with Crippen molar-refractivity contribution < 1.29 is 0 Å². The van der Waals surface area contributed by atoms with Gasteiger partial charge in [-0.2, -0.15) is 5.26 Å². The van der Waals surface area contributed by atoms with Crippen LogP contribution in [0.2, 0.25) is 5.02 Å². The summed E-state index contributed by atoms with van der Waals surface area (Å²) < 4.78 is 2.19. The summed E-state index contributed by atoms with van der Waals surface area (Å²) >= 11 is 7.80. The minimum atomic E-state index is -0.150. The summed E-state index contributed by atoms with van der Waals surface area (Å²) in [6.07, 6.45) is 4.71. The minimum absolute atomic E-state index is 0.150. The van der Waals surface area contributed by atoms with Crippen LogP contribution < -0.4 is 0 Å². The van der Waals surface area contributed by atoms with Crippen LogP contribution in [0.5, 0.6) is 0 Å². The molecule has 1 fully saturated rings. The van der Waals surface area contributed by atoms with Crippen molar-refractivity contribution in [1.29, 1.82) is 5.26 Å². The third kappa shape index (κ3) is 2.99. The molecular formula is C16H17ClN4S. The summed E-state index contributed by atoms with van der Waals surface area (Å²) in [6, 6.07) is 10.4. The van der Waals surface area contributed by atoms with E-state index in [1.807, 2.05) is 31.2 Å². The fourth-order valence-corrected chi connectivity index (χ4v) is 3.89. The molecule has 0 aliphatic heterocycles. The van der Waals surface area contributed by atoms with E-state index in [4.69, 9.17) is 16.9 Å². The fraction of sp³-hybridized carbons (Fsp3) is 0.438. The first-order valence-electron chi connectivity index (χ1n) is 7.46. The molecule has 6 heteroatoms. The Bertz CT molecular complexity index is 700. The van der Waals surface area contributed by atoms with Gasteiger partial charge < -0.3 is 0 Å². The third-order valence-electron chi connectivity index (χ3n) is 3.93. The van der Waals surface area contributed by atoms with Crippen LogP contribution in [0.15, 0.2) is 29.4 Å². The molecule has 0 saturated heterocycles. The van der Waals surface area contributed by atoms with Gasteiger partial charge in [0.05, 0.1) is 16.3 Å². The lowest BCUT2D eigenvalue weighted by Crippen LogP contribution is -2.09. The number of nitrogens with zero attached hydrogens (tertiary/aromatic N) is 4. The largest absolute Gasteiger partial charge is 0.299 e. The van der Waals surface area contributed by atoms with Gasteiger partial charge in [0.25, 0.3) is 0 Å². The van der Waals surface area contributed by atoms with Crippen LogP contribution in [-0.2, 0) is 0 Å². The zero-order valence-corrected chi connectivity index (χ0v) is 13.9. The molecule has 3 rings (SSSR count). The molecule has 22 heavy (non-hydrogen) atoms. The smallest absolute Gasteiger partial charge is 0.193 e. The zero-order valence-electron chi connectivity index (χ0n) is 12.4. The third-order valence-corrected chi connectivity index (χ3v) is 5.21. The Morgan fingerprint density at radius 1 is 1.32 bits per heavy atom. The number of aromatic nitrogens is 3. The van der Waals surface area contributed by atoms with Gasteiger partial charge in [-0.25, -0.2) is 0 Å². The van der Waals surface area contributed by atoms with Crippen LogP contribution in [0.4, 0.5) is 0 Å². The molecule has 0 unspecified atom stereocenters. The first-order valence-corrected chi connectivity index (χ1v) is 8.72. The van der Waals surface area contributed by atoms with E-state index in [0.717, 1.165) is 29.4 Å². The lowest BCUT2D eigenvalue weighted by atomic mass is 10.2. The Balaban J connectivity index is 2.06. The van der Waals surface area contributed by atoms with Gasteiger partial charge in [0.2, 0.25) is 0 Å². The second-order valence-electron chi connectivity index (χ2n) is 5.48. The molecule has 2 aromatic rings. The van der Waals surface area contributed by atoms with E-state index >= 15 is 0 Å².